The van der Waals surface area contributed by atoms with Crippen LogP contribution in [0, 0.1) is 0 Å². The molecule has 0 atom stereocenters. The molecule has 258 valence electrons. The minimum Gasteiger partial charge on any atom is -0.495 e. The van der Waals surface area contributed by atoms with Crippen molar-refractivity contribution in [2.24, 2.45) is 0 Å². The van der Waals surface area contributed by atoms with E-state index in [0.717, 1.165) is 37.6 Å². The number of ketones is 1. The van der Waals surface area contributed by atoms with Gasteiger partial charge in [0.25, 0.3) is 0 Å². The van der Waals surface area contributed by atoms with E-state index in [1.54, 1.807) is 13.1 Å². The summed E-state index contributed by atoms with van der Waals surface area (Å²) in [5.74, 6) is 0.648. The zero-order valence-corrected chi connectivity index (χ0v) is 28.5. The highest BCUT2D eigenvalue weighted by Crippen LogP contribution is 2.44. The van der Waals surface area contributed by atoms with E-state index in [2.05, 4.69) is 30.4 Å². The Kier molecular flexibility index (Phi) is 13.4. The third-order valence-corrected chi connectivity index (χ3v) is 8.34. The summed E-state index contributed by atoms with van der Waals surface area (Å²) in [6.45, 7) is 4.09. The number of nitrogens with one attached hydrogen (secondary N) is 2. The fraction of sp³-hybridized carbons (Fsp3) is 0.406. The van der Waals surface area contributed by atoms with Gasteiger partial charge < -0.3 is 34.9 Å². The van der Waals surface area contributed by atoms with E-state index in [0.29, 0.717) is 37.6 Å². The summed E-state index contributed by atoms with van der Waals surface area (Å²) in [6, 6.07) is 10.5. The summed E-state index contributed by atoms with van der Waals surface area (Å²) < 4.78 is 15.8. The first-order valence-corrected chi connectivity index (χ1v) is 16.0. The number of ether oxygens (including phenoxy) is 3. The molecule has 0 spiro atoms. The van der Waals surface area contributed by atoms with Crippen molar-refractivity contribution in [3.05, 3.63) is 52.8 Å². The average Bonchev–Trinajstić information content (AvgIpc) is 3.08. The Morgan fingerprint density at radius 2 is 1.60 bits per heavy atom. The number of aromatic nitrogens is 2. The van der Waals surface area contributed by atoms with Gasteiger partial charge in [-0.25, -0.2) is 14.8 Å². The molecule has 3 aromatic rings. The summed E-state index contributed by atoms with van der Waals surface area (Å²) in [5, 5.41) is 14.8. The zero-order valence-electron chi connectivity index (χ0n) is 27.0. The summed E-state index contributed by atoms with van der Waals surface area (Å²) in [4.78, 5) is 50.2. The molecule has 0 radical (unpaired) electrons. The number of carboxylic acids is 1. The molecular formula is C32H39Cl2N7O7. The highest BCUT2D eigenvalue weighted by Gasteiger charge is 2.22. The van der Waals surface area contributed by atoms with E-state index in [9.17, 15) is 14.4 Å². The number of amides is 2. The molecule has 1 aliphatic heterocycles. The van der Waals surface area contributed by atoms with Crippen LogP contribution in [0.3, 0.4) is 0 Å². The number of hydrogen-bond acceptors (Lipinski definition) is 11. The largest absolute Gasteiger partial charge is 0.495 e. The van der Waals surface area contributed by atoms with Crippen LogP contribution < -0.4 is 29.9 Å². The number of rotatable bonds is 16. The standard InChI is InChI=1S/C32H39Cl2N7O7/c1-39(32(45)38-31-29(33)24(46-2)17-25(47-3)30(31)34)27-18-26(35-20-36-27)37-21-6-8-22(9-7-21)41-13-11-40(12-14-41)19-23(42)5-4-15-48-16-10-28(43)44/h6-9,17-18,20H,4-5,10-16,19H2,1-3H3,(H,38,45)(H,43,44)(H,35,36,37). The summed E-state index contributed by atoms with van der Waals surface area (Å²) >= 11 is 12.8. The number of piperazine rings is 1. The first-order chi connectivity index (χ1) is 23.1. The van der Waals surface area contributed by atoms with Gasteiger partial charge in [0, 0.05) is 69.8 Å². The lowest BCUT2D eigenvalue weighted by Gasteiger charge is -2.35. The van der Waals surface area contributed by atoms with Gasteiger partial charge in [-0.05, 0) is 30.7 Å². The Bertz CT molecular complexity index is 1540. The molecule has 2 aromatic carbocycles. The number of methoxy groups -OCH3 is 2. The van der Waals surface area contributed by atoms with Crippen LogP contribution in [-0.4, -0.2) is 105 Å². The Hall–Kier alpha value is -4.37. The van der Waals surface area contributed by atoms with Crippen molar-refractivity contribution in [1.29, 1.82) is 0 Å². The smallest absolute Gasteiger partial charge is 0.327 e. The average molecular weight is 705 g/mol. The number of Topliss-reactive ketones (excluding diaryl/α,β-unsaturated/α-hetero) is 1. The molecule has 1 aromatic heterocycles. The number of urea groups is 1. The van der Waals surface area contributed by atoms with Gasteiger partial charge in [-0.3, -0.25) is 19.4 Å². The fourth-order valence-corrected chi connectivity index (χ4v) is 5.51. The van der Waals surface area contributed by atoms with E-state index in [1.165, 1.54) is 31.5 Å². The van der Waals surface area contributed by atoms with Crippen LogP contribution in [0.1, 0.15) is 19.3 Å². The molecule has 1 saturated heterocycles. The van der Waals surface area contributed by atoms with Gasteiger partial charge in [0.05, 0.1) is 39.5 Å². The number of carbonyl (C=O) groups excluding carboxylic acids is 2. The number of nitrogens with zero attached hydrogens (tertiary/aromatic N) is 5. The second-order valence-electron chi connectivity index (χ2n) is 10.9. The zero-order chi connectivity index (χ0) is 34.6. The highest BCUT2D eigenvalue weighted by molar-refractivity contribution is 6.41. The van der Waals surface area contributed by atoms with Gasteiger partial charge in [0.2, 0.25) is 0 Å². The molecule has 14 nitrogen and oxygen atoms in total. The number of halogens is 2. The Morgan fingerprint density at radius 3 is 2.23 bits per heavy atom. The molecule has 1 aliphatic rings. The number of anilines is 5. The Morgan fingerprint density at radius 1 is 0.938 bits per heavy atom. The van der Waals surface area contributed by atoms with E-state index in [-0.39, 0.29) is 46.0 Å². The maximum Gasteiger partial charge on any atom is 0.327 e. The van der Waals surface area contributed by atoms with Crippen LogP contribution in [0.4, 0.5) is 33.5 Å². The van der Waals surface area contributed by atoms with Gasteiger partial charge in [0.15, 0.2) is 0 Å². The molecule has 0 bridgehead atoms. The molecule has 48 heavy (non-hydrogen) atoms. The van der Waals surface area contributed by atoms with Crippen molar-refractivity contribution >= 4 is 69.7 Å². The summed E-state index contributed by atoms with van der Waals surface area (Å²) in [5.41, 5.74) is 2.01. The van der Waals surface area contributed by atoms with E-state index < -0.39 is 12.0 Å². The normalized spacial score (nSPS) is 13.1. The molecule has 3 N–H and O–H groups in total. The predicted molar refractivity (Wildman–Crippen MR) is 185 cm³/mol. The quantitative estimate of drug-likeness (QED) is 0.168. The number of carboxylic acid groups (broad SMARTS) is 1. The van der Waals surface area contributed by atoms with Crippen LogP contribution in [0.5, 0.6) is 11.5 Å². The van der Waals surface area contributed by atoms with Crippen LogP contribution in [0.25, 0.3) is 0 Å². The van der Waals surface area contributed by atoms with E-state index in [4.69, 9.17) is 42.5 Å². The molecule has 2 heterocycles. The first-order valence-electron chi connectivity index (χ1n) is 15.2. The van der Waals surface area contributed by atoms with Gasteiger partial charge >= 0.3 is 12.0 Å². The molecule has 4 rings (SSSR count). The van der Waals surface area contributed by atoms with Crippen LogP contribution >= 0.6 is 23.2 Å². The molecule has 16 heteroatoms. The summed E-state index contributed by atoms with van der Waals surface area (Å²) in [6.07, 6.45) is 2.33. The molecular weight excluding hydrogens is 665 g/mol. The third kappa shape index (κ3) is 10.1. The number of aliphatic carboxylic acids is 1. The molecule has 2 amide bonds. The van der Waals surface area contributed by atoms with Crippen LogP contribution in [-0.2, 0) is 14.3 Å². The predicted octanol–water partition coefficient (Wildman–Crippen LogP) is 5.18. The molecule has 0 aliphatic carbocycles. The summed E-state index contributed by atoms with van der Waals surface area (Å²) in [7, 11) is 4.44. The van der Waals surface area contributed by atoms with Gasteiger partial charge in [-0.2, -0.15) is 0 Å². The van der Waals surface area contributed by atoms with Gasteiger partial charge in [-0.15, -0.1) is 0 Å². The maximum atomic E-state index is 13.1. The fourth-order valence-electron chi connectivity index (χ4n) is 4.92. The number of carbonyl (C=O) groups is 3. The van der Waals surface area contributed by atoms with Crippen molar-refractivity contribution in [3.63, 3.8) is 0 Å². The third-order valence-electron chi connectivity index (χ3n) is 7.59. The lowest BCUT2D eigenvalue weighted by Crippen LogP contribution is -2.48. The monoisotopic (exact) mass is 703 g/mol. The molecule has 1 fully saturated rings. The highest BCUT2D eigenvalue weighted by atomic mass is 35.5. The van der Waals surface area contributed by atoms with Crippen LogP contribution in [0.2, 0.25) is 10.0 Å². The van der Waals surface area contributed by atoms with Crippen molar-refractivity contribution in [1.82, 2.24) is 14.9 Å². The topological polar surface area (TPSA) is 159 Å². The van der Waals surface area contributed by atoms with Gasteiger partial charge in [-0.1, -0.05) is 23.2 Å². The lowest BCUT2D eigenvalue weighted by molar-refractivity contribution is -0.138. The van der Waals surface area contributed by atoms with Crippen LogP contribution in [0.15, 0.2) is 42.7 Å². The SMILES string of the molecule is COc1cc(OC)c(Cl)c(NC(=O)N(C)c2cc(Nc3ccc(N4CCN(CC(=O)CCCOCCC(=O)O)CC4)cc3)ncn2)c1Cl. The second kappa shape index (κ2) is 17.7. The maximum absolute atomic E-state index is 13.1. The first kappa shape index (κ1) is 36.5. The minimum absolute atomic E-state index is 0.0310. The molecule has 0 saturated carbocycles. The lowest BCUT2D eigenvalue weighted by atomic mass is 10.2. The van der Waals surface area contributed by atoms with Crippen molar-refractivity contribution in [2.45, 2.75) is 19.3 Å². The van der Waals surface area contributed by atoms with Crippen molar-refractivity contribution in [2.75, 3.05) is 87.6 Å². The molecule has 0 unspecified atom stereocenters. The Balaban J connectivity index is 1.26. The van der Waals surface area contributed by atoms with Crippen molar-refractivity contribution in [3.8, 4) is 11.5 Å². The number of hydrogen-bond donors (Lipinski definition) is 3. The van der Waals surface area contributed by atoms with Crippen molar-refractivity contribution < 1.29 is 33.7 Å². The van der Waals surface area contributed by atoms with Gasteiger partial charge in [0.1, 0.15) is 45.3 Å². The van der Waals surface area contributed by atoms with E-state index in [1.807, 2.05) is 24.3 Å². The second-order valence-corrected chi connectivity index (χ2v) is 11.6. The Labute approximate surface area is 288 Å². The minimum atomic E-state index is -0.894. The van der Waals surface area contributed by atoms with E-state index >= 15 is 0 Å². The number of benzene rings is 2.